The summed E-state index contributed by atoms with van der Waals surface area (Å²) in [5, 5.41) is 15.9. The Morgan fingerprint density at radius 1 is 1.15 bits per heavy atom. The molecule has 3 heterocycles. The van der Waals surface area contributed by atoms with Crippen LogP contribution in [0.2, 0.25) is 0 Å². The molecular weight excluding hydrogens is 459 g/mol. The van der Waals surface area contributed by atoms with Crippen molar-refractivity contribution in [3.8, 4) is 39.2 Å². The number of carboxylic acids is 1. The first-order chi connectivity index (χ1) is 16.5. The van der Waals surface area contributed by atoms with E-state index in [-0.39, 0.29) is 35.8 Å². The van der Waals surface area contributed by atoms with E-state index in [0.717, 1.165) is 30.6 Å². The van der Waals surface area contributed by atoms with E-state index in [1.54, 1.807) is 36.2 Å². The number of hydrogen-bond donors (Lipinski definition) is 2. The Morgan fingerprint density at radius 2 is 1.94 bits per heavy atom. The number of hydrogen-bond acceptors (Lipinski definition) is 8. The van der Waals surface area contributed by atoms with Gasteiger partial charge in [-0.05, 0) is 49.3 Å². The number of nitrogens with one attached hydrogen (secondary N) is 1. The molecule has 0 amide bonds. The van der Waals surface area contributed by atoms with E-state index < -0.39 is 11.8 Å². The van der Waals surface area contributed by atoms with Crippen molar-refractivity contribution in [3.05, 3.63) is 48.1 Å². The second kappa shape index (κ2) is 9.64. The number of halogens is 1. The summed E-state index contributed by atoms with van der Waals surface area (Å²) < 4.78 is 20.7. The van der Waals surface area contributed by atoms with Crippen molar-refractivity contribution >= 4 is 17.3 Å². The maximum Gasteiger partial charge on any atom is 0.316 e. The highest BCUT2D eigenvalue weighted by Gasteiger charge is 2.24. The molecule has 1 aliphatic rings. The molecule has 0 unspecified atom stereocenters. The van der Waals surface area contributed by atoms with Gasteiger partial charge in [-0.2, -0.15) is 5.10 Å². The summed E-state index contributed by atoms with van der Waals surface area (Å²) in [6, 6.07) is 5.06. The molecule has 9 nitrogen and oxygen atoms in total. The number of carbonyl (C=O) groups is 1. The molecule has 0 atom stereocenters. The van der Waals surface area contributed by atoms with Crippen molar-refractivity contribution < 1.29 is 19.0 Å². The van der Waals surface area contributed by atoms with Gasteiger partial charge in [0.25, 0.3) is 0 Å². The third-order valence-electron chi connectivity index (χ3n) is 5.85. The number of benzene rings is 1. The lowest BCUT2D eigenvalue weighted by molar-refractivity contribution is -0.138. The maximum atomic E-state index is 14.9. The van der Waals surface area contributed by atoms with Crippen LogP contribution in [-0.2, 0) is 4.79 Å². The predicted molar refractivity (Wildman–Crippen MR) is 123 cm³/mol. The highest BCUT2D eigenvalue weighted by atomic mass is 32.1. The molecule has 1 saturated carbocycles. The van der Waals surface area contributed by atoms with Gasteiger partial charge in [0.2, 0.25) is 0 Å². The van der Waals surface area contributed by atoms with Gasteiger partial charge in [0, 0.05) is 30.6 Å². The molecule has 0 saturated heterocycles. The second-order valence-electron chi connectivity index (χ2n) is 8.18. The molecule has 1 fully saturated rings. The summed E-state index contributed by atoms with van der Waals surface area (Å²) in [6.07, 6.45) is 8.24. The minimum Gasteiger partial charge on any atom is -0.481 e. The summed E-state index contributed by atoms with van der Waals surface area (Å²) in [5.41, 5.74) is 3.26. The highest BCUT2D eigenvalue weighted by molar-refractivity contribution is 7.13. The SMILES string of the molecule is O=C(O)CC1CCC(Oc2ncc(-c3ccc(-c4n[nH]c(-c5cncs5)n4)c(F)c3)cn2)CC1. The summed E-state index contributed by atoms with van der Waals surface area (Å²) in [5.74, 6) is -0.194. The van der Waals surface area contributed by atoms with Crippen molar-refractivity contribution in [2.24, 2.45) is 5.92 Å². The topological polar surface area (TPSA) is 127 Å². The highest BCUT2D eigenvalue weighted by Crippen LogP contribution is 2.30. The van der Waals surface area contributed by atoms with Crippen molar-refractivity contribution in [2.45, 2.75) is 38.2 Å². The number of carboxylic acid groups (broad SMARTS) is 1. The Balaban J connectivity index is 1.23. The lowest BCUT2D eigenvalue weighted by Crippen LogP contribution is -2.25. The molecule has 11 heteroatoms. The number of aromatic amines is 1. The van der Waals surface area contributed by atoms with Crippen LogP contribution in [0.5, 0.6) is 6.01 Å². The fourth-order valence-electron chi connectivity index (χ4n) is 4.08. The number of thiazole rings is 1. The third kappa shape index (κ3) is 4.93. The minimum atomic E-state index is -0.755. The molecule has 174 valence electrons. The average Bonchev–Trinajstić information content (AvgIpc) is 3.53. The van der Waals surface area contributed by atoms with Gasteiger partial charge in [0.15, 0.2) is 11.6 Å². The van der Waals surface area contributed by atoms with E-state index in [1.807, 2.05) is 0 Å². The molecule has 5 rings (SSSR count). The van der Waals surface area contributed by atoms with E-state index in [2.05, 4.69) is 30.1 Å². The second-order valence-corrected chi connectivity index (χ2v) is 9.07. The van der Waals surface area contributed by atoms with Gasteiger partial charge in [-0.25, -0.2) is 19.3 Å². The predicted octanol–water partition coefficient (Wildman–Crippen LogP) is 4.60. The van der Waals surface area contributed by atoms with Crippen LogP contribution in [0, 0.1) is 11.7 Å². The normalized spacial score (nSPS) is 18.0. The Kier molecular flexibility index (Phi) is 6.26. The maximum absolute atomic E-state index is 14.9. The van der Waals surface area contributed by atoms with Crippen LogP contribution in [0.15, 0.2) is 42.3 Å². The molecule has 4 aromatic rings. The first-order valence-corrected chi connectivity index (χ1v) is 11.7. The molecule has 0 spiro atoms. The Hall–Kier alpha value is -3.73. The first-order valence-electron chi connectivity index (χ1n) is 10.9. The Bertz CT molecular complexity index is 1270. The van der Waals surface area contributed by atoms with Crippen LogP contribution in [0.4, 0.5) is 4.39 Å². The molecule has 0 aliphatic heterocycles. The van der Waals surface area contributed by atoms with Crippen molar-refractivity contribution in [1.29, 1.82) is 0 Å². The zero-order valence-corrected chi connectivity index (χ0v) is 18.8. The largest absolute Gasteiger partial charge is 0.481 e. The summed E-state index contributed by atoms with van der Waals surface area (Å²) in [4.78, 5) is 28.6. The van der Waals surface area contributed by atoms with Crippen LogP contribution in [-0.4, -0.2) is 47.3 Å². The molecule has 1 aliphatic carbocycles. The van der Waals surface area contributed by atoms with Gasteiger partial charge < -0.3 is 9.84 Å². The van der Waals surface area contributed by atoms with Crippen molar-refractivity contribution in [1.82, 2.24) is 30.1 Å². The lowest BCUT2D eigenvalue weighted by atomic mass is 9.85. The molecule has 3 aromatic heterocycles. The van der Waals surface area contributed by atoms with Crippen LogP contribution in [0.3, 0.4) is 0 Å². The van der Waals surface area contributed by atoms with E-state index >= 15 is 0 Å². The molecule has 0 radical (unpaired) electrons. The van der Waals surface area contributed by atoms with Crippen molar-refractivity contribution in [3.63, 3.8) is 0 Å². The van der Waals surface area contributed by atoms with Crippen LogP contribution < -0.4 is 4.74 Å². The Labute approximate surface area is 198 Å². The zero-order chi connectivity index (χ0) is 23.5. The number of aromatic nitrogens is 6. The summed E-state index contributed by atoms with van der Waals surface area (Å²) in [6.45, 7) is 0. The minimum absolute atomic E-state index is 0.0242. The molecule has 2 N–H and O–H groups in total. The lowest BCUT2D eigenvalue weighted by Gasteiger charge is -2.27. The van der Waals surface area contributed by atoms with Gasteiger partial charge in [0.1, 0.15) is 11.9 Å². The van der Waals surface area contributed by atoms with Crippen LogP contribution in [0.25, 0.3) is 33.2 Å². The zero-order valence-electron chi connectivity index (χ0n) is 18.0. The van der Waals surface area contributed by atoms with Gasteiger partial charge in [0.05, 0.1) is 16.0 Å². The fourth-order valence-corrected chi connectivity index (χ4v) is 4.64. The van der Waals surface area contributed by atoms with E-state index in [0.29, 0.717) is 17.0 Å². The van der Waals surface area contributed by atoms with Crippen molar-refractivity contribution in [2.75, 3.05) is 0 Å². The standard InChI is InChI=1S/C23H21FN6O3S/c24-18-8-14(3-6-17(18)21-28-22(30-29-21)19-11-25-12-34-19)15-9-26-23(27-10-15)33-16-4-1-13(2-5-16)7-20(31)32/h3,6,8-13,16H,1-2,4-5,7H2,(H,31,32)(H,28,29,30). The quantitative estimate of drug-likeness (QED) is 0.393. The summed E-state index contributed by atoms with van der Waals surface area (Å²) >= 11 is 1.42. The average molecular weight is 481 g/mol. The van der Waals surface area contributed by atoms with Gasteiger partial charge in [-0.1, -0.05) is 6.07 Å². The van der Waals surface area contributed by atoms with E-state index in [9.17, 15) is 9.18 Å². The molecule has 34 heavy (non-hydrogen) atoms. The number of nitrogens with zero attached hydrogens (tertiary/aromatic N) is 5. The number of H-pyrrole nitrogens is 1. The fraction of sp³-hybridized carbons (Fsp3) is 0.304. The monoisotopic (exact) mass is 480 g/mol. The molecule has 1 aromatic carbocycles. The van der Waals surface area contributed by atoms with E-state index in [4.69, 9.17) is 9.84 Å². The van der Waals surface area contributed by atoms with Gasteiger partial charge in [-0.3, -0.25) is 14.9 Å². The molecular formula is C23H21FN6O3S. The van der Waals surface area contributed by atoms with Gasteiger partial charge in [-0.15, -0.1) is 11.3 Å². The molecule has 0 bridgehead atoms. The number of aliphatic carboxylic acids is 1. The summed E-state index contributed by atoms with van der Waals surface area (Å²) in [7, 11) is 0. The third-order valence-corrected chi connectivity index (χ3v) is 6.63. The first kappa shape index (κ1) is 22.1. The van der Waals surface area contributed by atoms with Crippen LogP contribution in [0.1, 0.15) is 32.1 Å². The van der Waals surface area contributed by atoms with E-state index in [1.165, 1.54) is 17.4 Å². The number of ether oxygens (including phenoxy) is 1. The van der Waals surface area contributed by atoms with Crippen LogP contribution >= 0.6 is 11.3 Å². The number of rotatable bonds is 7. The van der Waals surface area contributed by atoms with Gasteiger partial charge >= 0.3 is 12.0 Å². The Morgan fingerprint density at radius 3 is 2.62 bits per heavy atom. The smallest absolute Gasteiger partial charge is 0.316 e.